The van der Waals surface area contributed by atoms with Gasteiger partial charge in [-0.3, -0.25) is 4.90 Å². The molecule has 17 heavy (non-hydrogen) atoms. The van der Waals surface area contributed by atoms with E-state index in [4.69, 9.17) is 5.73 Å². The van der Waals surface area contributed by atoms with Gasteiger partial charge in [0.15, 0.2) is 0 Å². The monoisotopic (exact) mass is 239 g/mol. The second-order valence-electron chi connectivity index (χ2n) is 6.41. The van der Waals surface area contributed by atoms with Crippen LogP contribution in [0.15, 0.2) is 0 Å². The van der Waals surface area contributed by atoms with Gasteiger partial charge in [0.2, 0.25) is 0 Å². The Kier molecular flexibility index (Phi) is 4.11. The highest BCUT2D eigenvalue weighted by molar-refractivity contribution is 4.99. The average Bonchev–Trinajstić information content (AvgIpc) is 2.33. The third-order valence-electron chi connectivity index (χ3n) is 5.07. The molecule has 0 aromatic carbocycles. The summed E-state index contributed by atoms with van der Waals surface area (Å²) < 4.78 is 0. The van der Waals surface area contributed by atoms with Crippen molar-refractivity contribution in [3.8, 4) is 0 Å². The van der Waals surface area contributed by atoms with Crippen LogP contribution in [0.1, 0.15) is 39.5 Å². The van der Waals surface area contributed by atoms with Crippen molar-refractivity contribution in [3.05, 3.63) is 0 Å². The van der Waals surface area contributed by atoms with Gasteiger partial charge in [-0.15, -0.1) is 0 Å². The number of rotatable bonds is 2. The molecule has 0 spiro atoms. The zero-order valence-corrected chi connectivity index (χ0v) is 11.8. The van der Waals surface area contributed by atoms with E-state index in [-0.39, 0.29) is 0 Å². The average molecular weight is 239 g/mol. The van der Waals surface area contributed by atoms with Crippen LogP contribution in [0.5, 0.6) is 0 Å². The molecule has 2 fully saturated rings. The molecule has 0 saturated carbocycles. The number of piperidine rings is 2. The minimum Gasteiger partial charge on any atom is -0.329 e. The summed E-state index contributed by atoms with van der Waals surface area (Å²) in [6, 6.07) is 0.671. The number of likely N-dealkylation sites (tertiary alicyclic amines) is 2. The Labute approximate surface area is 106 Å². The van der Waals surface area contributed by atoms with Gasteiger partial charge in [0.1, 0.15) is 0 Å². The Balaban J connectivity index is 2.08. The summed E-state index contributed by atoms with van der Waals surface area (Å²) in [7, 11) is 2.24. The Morgan fingerprint density at radius 2 is 2.06 bits per heavy atom. The number of nitrogens with two attached hydrogens (primary N) is 1. The zero-order chi connectivity index (χ0) is 12.5. The normalized spacial score (nSPS) is 41.6. The molecule has 0 aliphatic carbocycles. The van der Waals surface area contributed by atoms with Crippen LogP contribution in [0.2, 0.25) is 0 Å². The molecule has 0 aromatic heterocycles. The Morgan fingerprint density at radius 3 is 2.65 bits per heavy atom. The highest BCUT2D eigenvalue weighted by atomic mass is 15.3. The van der Waals surface area contributed by atoms with Crippen LogP contribution in [-0.4, -0.2) is 54.6 Å². The van der Waals surface area contributed by atoms with Crippen LogP contribution in [0, 0.1) is 5.92 Å². The van der Waals surface area contributed by atoms with E-state index < -0.39 is 0 Å². The molecule has 2 heterocycles. The van der Waals surface area contributed by atoms with Crippen LogP contribution in [0.4, 0.5) is 0 Å². The smallest absolute Gasteiger partial charge is 0.0358 e. The van der Waals surface area contributed by atoms with Crippen molar-refractivity contribution >= 4 is 0 Å². The largest absolute Gasteiger partial charge is 0.329 e. The van der Waals surface area contributed by atoms with Crippen molar-refractivity contribution in [2.75, 3.05) is 33.2 Å². The van der Waals surface area contributed by atoms with Crippen LogP contribution >= 0.6 is 0 Å². The van der Waals surface area contributed by atoms with E-state index >= 15 is 0 Å². The predicted octanol–water partition coefficient (Wildman–Crippen LogP) is 1.53. The lowest BCUT2D eigenvalue weighted by atomic mass is 9.80. The van der Waals surface area contributed by atoms with Gasteiger partial charge in [-0.05, 0) is 58.7 Å². The topological polar surface area (TPSA) is 32.5 Å². The van der Waals surface area contributed by atoms with Gasteiger partial charge in [-0.1, -0.05) is 6.92 Å². The summed E-state index contributed by atoms with van der Waals surface area (Å²) in [6.07, 6.45) is 5.24. The highest BCUT2D eigenvalue weighted by Gasteiger charge is 2.41. The van der Waals surface area contributed by atoms with E-state index in [1.54, 1.807) is 0 Å². The van der Waals surface area contributed by atoms with Crippen molar-refractivity contribution < 1.29 is 0 Å². The lowest BCUT2D eigenvalue weighted by molar-refractivity contribution is -0.0116. The third kappa shape index (κ3) is 2.67. The van der Waals surface area contributed by atoms with Crippen LogP contribution in [-0.2, 0) is 0 Å². The third-order valence-corrected chi connectivity index (χ3v) is 5.07. The van der Waals surface area contributed by atoms with Crippen molar-refractivity contribution in [2.24, 2.45) is 11.7 Å². The van der Waals surface area contributed by atoms with Gasteiger partial charge in [-0.25, -0.2) is 0 Å². The summed E-state index contributed by atoms with van der Waals surface area (Å²) in [5, 5.41) is 0. The zero-order valence-electron chi connectivity index (χ0n) is 11.8. The molecular weight excluding hydrogens is 210 g/mol. The quantitative estimate of drug-likeness (QED) is 0.793. The lowest BCUT2D eigenvalue weighted by Crippen LogP contribution is -2.62. The molecule has 0 radical (unpaired) electrons. The highest BCUT2D eigenvalue weighted by Crippen LogP contribution is 2.34. The first-order chi connectivity index (χ1) is 8.07. The number of hydrogen-bond acceptors (Lipinski definition) is 3. The number of nitrogens with zero attached hydrogens (tertiary/aromatic N) is 2. The van der Waals surface area contributed by atoms with E-state index in [1.165, 1.54) is 45.3 Å². The molecule has 2 saturated heterocycles. The van der Waals surface area contributed by atoms with Gasteiger partial charge in [0.05, 0.1) is 0 Å². The van der Waals surface area contributed by atoms with Crippen molar-refractivity contribution in [1.82, 2.24) is 9.80 Å². The van der Waals surface area contributed by atoms with Crippen molar-refractivity contribution in [2.45, 2.75) is 51.1 Å². The molecule has 100 valence electrons. The molecule has 3 nitrogen and oxygen atoms in total. The predicted molar refractivity (Wildman–Crippen MR) is 73.1 cm³/mol. The fourth-order valence-electron chi connectivity index (χ4n) is 3.63. The summed E-state index contributed by atoms with van der Waals surface area (Å²) in [5.74, 6) is 0.849. The van der Waals surface area contributed by atoms with E-state index in [0.29, 0.717) is 11.6 Å². The molecule has 2 aliphatic rings. The molecule has 0 aromatic rings. The molecule has 2 rings (SSSR count). The summed E-state index contributed by atoms with van der Waals surface area (Å²) in [4.78, 5) is 5.19. The molecule has 3 atom stereocenters. The first-order valence-electron chi connectivity index (χ1n) is 7.23. The fourth-order valence-corrected chi connectivity index (χ4v) is 3.63. The first-order valence-corrected chi connectivity index (χ1v) is 7.23. The van der Waals surface area contributed by atoms with Crippen molar-refractivity contribution in [1.29, 1.82) is 0 Å². The van der Waals surface area contributed by atoms with Gasteiger partial charge < -0.3 is 10.6 Å². The van der Waals surface area contributed by atoms with E-state index in [1.807, 2.05) is 0 Å². The molecule has 0 bridgehead atoms. The van der Waals surface area contributed by atoms with Gasteiger partial charge >= 0.3 is 0 Å². The Morgan fingerprint density at radius 1 is 1.29 bits per heavy atom. The van der Waals surface area contributed by atoms with Gasteiger partial charge in [-0.2, -0.15) is 0 Å². The second kappa shape index (κ2) is 5.25. The van der Waals surface area contributed by atoms with E-state index in [9.17, 15) is 0 Å². The summed E-state index contributed by atoms with van der Waals surface area (Å²) in [5.41, 5.74) is 6.45. The van der Waals surface area contributed by atoms with Crippen LogP contribution in [0.3, 0.4) is 0 Å². The van der Waals surface area contributed by atoms with E-state index in [2.05, 4.69) is 30.7 Å². The molecule has 2 aliphatic heterocycles. The maximum atomic E-state index is 6.16. The number of hydrogen-bond donors (Lipinski definition) is 1. The Bertz CT molecular complexity index is 256. The van der Waals surface area contributed by atoms with Crippen molar-refractivity contribution in [3.63, 3.8) is 0 Å². The first kappa shape index (κ1) is 13.3. The molecule has 3 heteroatoms. The molecule has 0 amide bonds. The maximum Gasteiger partial charge on any atom is 0.0358 e. The Hall–Kier alpha value is -0.120. The minimum atomic E-state index is 0.292. The standard InChI is InChI=1S/C14H29N3/c1-12-5-4-7-17(10-12)14(11-15)6-8-16(3)13(2)9-14/h12-13H,4-11,15H2,1-3H3. The SMILES string of the molecule is CC1CCCN(C2(CN)CCN(C)C(C)C2)C1. The lowest BCUT2D eigenvalue weighted by Gasteiger charge is -2.52. The van der Waals surface area contributed by atoms with Gasteiger partial charge in [0.25, 0.3) is 0 Å². The molecule has 3 unspecified atom stereocenters. The van der Waals surface area contributed by atoms with E-state index in [0.717, 1.165) is 12.5 Å². The van der Waals surface area contributed by atoms with Gasteiger partial charge in [0, 0.05) is 24.7 Å². The molecular formula is C14H29N3. The summed E-state index contributed by atoms with van der Waals surface area (Å²) in [6.45, 7) is 9.28. The minimum absolute atomic E-state index is 0.292. The van der Waals surface area contributed by atoms with Crippen LogP contribution < -0.4 is 5.73 Å². The van der Waals surface area contributed by atoms with Crippen LogP contribution in [0.25, 0.3) is 0 Å². The second-order valence-corrected chi connectivity index (χ2v) is 6.41. The fraction of sp³-hybridized carbons (Fsp3) is 1.00. The molecule has 2 N–H and O–H groups in total. The maximum absolute atomic E-state index is 6.16. The summed E-state index contributed by atoms with van der Waals surface area (Å²) >= 11 is 0.